The number of nitrogens with two attached hydrogens (primary N) is 1. The number of ether oxygens (including phenoxy) is 2. The summed E-state index contributed by atoms with van der Waals surface area (Å²) < 4.78 is 52.5. The number of aromatic nitrogens is 2. The van der Waals surface area contributed by atoms with Gasteiger partial charge in [-0.1, -0.05) is 18.2 Å². The number of benzene rings is 1. The van der Waals surface area contributed by atoms with Gasteiger partial charge in [-0.3, -0.25) is 13.9 Å². The minimum Gasteiger partial charge on any atom is -0.462 e. The fraction of sp³-hybridized carbons (Fsp3) is 0.522. The van der Waals surface area contributed by atoms with Gasteiger partial charge in [0, 0.05) is 6.20 Å². The van der Waals surface area contributed by atoms with Crippen molar-refractivity contribution in [1.82, 2.24) is 14.6 Å². The molecule has 1 aromatic heterocycles. The second-order valence-electron chi connectivity index (χ2n) is 9.58. The number of rotatable bonds is 10. The molecule has 1 aliphatic carbocycles. The molecule has 0 amide bonds. The van der Waals surface area contributed by atoms with Crippen molar-refractivity contribution in [2.75, 3.05) is 12.3 Å². The molecular weight excluding hydrogens is 510 g/mol. The van der Waals surface area contributed by atoms with Crippen LogP contribution in [0.5, 0.6) is 5.75 Å². The van der Waals surface area contributed by atoms with Gasteiger partial charge in [0.25, 0.3) is 0 Å². The number of alkyl halides is 1. The first-order chi connectivity index (χ1) is 17.3. The number of halogens is 1. The van der Waals surface area contributed by atoms with Crippen molar-refractivity contribution in [2.24, 2.45) is 0 Å². The van der Waals surface area contributed by atoms with Crippen LogP contribution < -0.4 is 21.0 Å². The van der Waals surface area contributed by atoms with Gasteiger partial charge >= 0.3 is 19.4 Å². The Hall–Kier alpha value is -2.83. The largest absolute Gasteiger partial charge is 0.462 e. The summed E-state index contributed by atoms with van der Waals surface area (Å²) in [5.41, 5.74) is 0.744. The predicted octanol–water partition coefficient (Wildman–Crippen LogP) is 1.74. The molecule has 12 nitrogen and oxygen atoms in total. The Kier molecular flexibility index (Phi) is 7.21. The summed E-state index contributed by atoms with van der Waals surface area (Å²) in [6.45, 7) is 5.57. The molecule has 202 valence electrons. The molecule has 2 fully saturated rings. The molecular formula is C23H30FN4O8P. The van der Waals surface area contributed by atoms with E-state index in [-0.39, 0.29) is 11.6 Å². The van der Waals surface area contributed by atoms with Gasteiger partial charge in [0.15, 0.2) is 5.67 Å². The molecule has 1 aromatic carbocycles. The summed E-state index contributed by atoms with van der Waals surface area (Å²) in [6.07, 6.45) is -2.06. The third kappa shape index (κ3) is 5.27. The second-order valence-corrected chi connectivity index (χ2v) is 11.3. The van der Waals surface area contributed by atoms with Gasteiger partial charge in [0.2, 0.25) is 0 Å². The number of aliphatic hydroxyl groups excluding tert-OH is 1. The number of aliphatic hydroxyl groups is 1. The average Bonchev–Trinajstić information content (AvgIpc) is 3.33. The molecule has 1 saturated heterocycles. The number of nitrogen functional groups attached to an aromatic ring is 1. The molecule has 7 unspecified atom stereocenters. The van der Waals surface area contributed by atoms with E-state index in [1.807, 2.05) is 0 Å². The first kappa shape index (κ1) is 27.2. The highest BCUT2D eigenvalue weighted by atomic mass is 31.2. The third-order valence-corrected chi connectivity index (χ3v) is 7.78. The number of hydrogen-bond acceptors (Lipinski definition) is 10. The van der Waals surface area contributed by atoms with E-state index < -0.39 is 67.7 Å². The van der Waals surface area contributed by atoms with E-state index in [2.05, 4.69) is 10.1 Å². The highest BCUT2D eigenvalue weighted by Gasteiger charge is 2.82. The lowest BCUT2D eigenvalue weighted by molar-refractivity contribution is -0.149. The molecule has 37 heavy (non-hydrogen) atoms. The van der Waals surface area contributed by atoms with E-state index in [0.29, 0.717) is 0 Å². The van der Waals surface area contributed by atoms with E-state index in [1.54, 1.807) is 32.0 Å². The molecule has 1 aliphatic heterocycles. The summed E-state index contributed by atoms with van der Waals surface area (Å²) in [7, 11) is -4.27. The summed E-state index contributed by atoms with van der Waals surface area (Å²) in [4.78, 5) is 28.0. The van der Waals surface area contributed by atoms with Crippen molar-refractivity contribution in [3.05, 3.63) is 53.1 Å². The lowest BCUT2D eigenvalue weighted by Gasteiger charge is -2.33. The molecule has 0 radical (unpaired) electrons. The number of carbonyl (C=O) groups is 1. The number of para-hydroxylation sites is 1. The molecule has 0 spiro atoms. The first-order valence-electron chi connectivity index (χ1n) is 11.7. The summed E-state index contributed by atoms with van der Waals surface area (Å²) in [6, 6.07) is 7.22. The molecule has 4 N–H and O–H groups in total. The maximum absolute atomic E-state index is 15.8. The molecule has 2 heterocycles. The maximum atomic E-state index is 15.8. The molecule has 4 rings (SSSR count). The van der Waals surface area contributed by atoms with Crippen molar-refractivity contribution in [3.63, 3.8) is 0 Å². The Morgan fingerprint density at radius 1 is 1.32 bits per heavy atom. The zero-order valence-corrected chi connectivity index (χ0v) is 21.6. The Morgan fingerprint density at radius 2 is 2.00 bits per heavy atom. The average molecular weight is 540 g/mol. The fourth-order valence-electron chi connectivity index (χ4n) is 4.28. The predicted molar refractivity (Wildman–Crippen MR) is 130 cm³/mol. The zero-order valence-electron chi connectivity index (χ0n) is 20.7. The summed E-state index contributed by atoms with van der Waals surface area (Å²) >= 11 is 0. The minimum atomic E-state index is -4.27. The fourth-order valence-corrected chi connectivity index (χ4v) is 5.87. The lowest BCUT2D eigenvalue weighted by atomic mass is 9.96. The molecule has 0 bridgehead atoms. The van der Waals surface area contributed by atoms with Gasteiger partial charge in [0.05, 0.1) is 12.7 Å². The molecule has 7 atom stereocenters. The van der Waals surface area contributed by atoms with Crippen molar-refractivity contribution >= 4 is 19.5 Å². The van der Waals surface area contributed by atoms with Gasteiger partial charge in [-0.15, -0.1) is 0 Å². The van der Waals surface area contributed by atoms with Crippen LogP contribution in [0.1, 0.15) is 33.7 Å². The topological polar surface area (TPSA) is 164 Å². The van der Waals surface area contributed by atoms with Gasteiger partial charge in [-0.25, -0.2) is 13.8 Å². The minimum absolute atomic E-state index is 0.0205. The normalized spacial score (nSPS) is 30.8. The van der Waals surface area contributed by atoms with Crippen molar-refractivity contribution in [3.8, 4) is 5.75 Å². The Labute approximate surface area is 212 Å². The van der Waals surface area contributed by atoms with Crippen LogP contribution >= 0.6 is 7.75 Å². The number of fused-ring (bicyclic) bond motifs is 1. The number of carbonyl (C=O) groups excluding carboxylic acids is 1. The van der Waals surface area contributed by atoms with Crippen LogP contribution in [0, 0.1) is 0 Å². The van der Waals surface area contributed by atoms with Crippen molar-refractivity contribution < 1.29 is 37.4 Å². The monoisotopic (exact) mass is 540 g/mol. The quantitative estimate of drug-likeness (QED) is 0.297. The Bertz CT molecular complexity index is 1260. The molecule has 1 saturated carbocycles. The zero-order chi connectivity index (χ0) is 27.2. The lowest BCUT2D eigenvalue weighted by Crippen LogP contribution is -2.49. The van der Waals surface area contributed by atoms with E-state index >= 15 is 4.39 Å². The number of nitrogens with zero attached hydrogens (tertiary/aromatic N) is 2. The van der Waals surface area contributed by atoms with Crippen LogP contribution in [-0.4, -0.2) is 62.9 Å². The van der Waals surface area contributed by atoms with Gasteiger partial charge in [0.1, 0.15) is 41.5 Å². The van der Waals surface area contributed by atoms with Crippen LogP contribution in [0.3, 0.4) is 0 Å². The van der Waals surface area contributed by atoms with Crippen molar-refractivity contribution in [2.45, 2.75) is 69.4 Å². The van der Waals surface area contributed by atoms with Crippen LogP contribution in [-0.2, 0) is 23.4 Å². The summed E-state index contributed by atoms with van der Waals surface area (Å²) in [5.74, 6) is -0.526. The SMILES string of the molecule is CC(C)OC(=O)C(C)NP(=O)(OCC1(C)OC2C(n3ccc(N)nc3=O)C2(F)C1O)Oc1ccccc1. The number of hydrogen-bond donors (Lipinski definition) is 3. The number of nitrogens with one attached hydrogen (secondary N) is 1. The van der Waals surface area contributed by atoms with Gasteiger partial charge in [-0.2, -0.15) is 10.1 Å². The van der Waals surface area contributed by atoms with Gasteiger partial charge in [-0.05, 0) is 45.9 Å². The maximum Gasteiger partial charge on any atom is 0.459 e. The van der Waals surface area contributed by atoms with Crippen LogP contribution in [0.2, 0.25) is 0 Å². The van der Waals surface area contributed by atoms with E-state index in [9.17, 15) is 19.3 Å². The molecule has 2 aromatic rings. The highest BCUT2D eigenvalue weighted by Crippen LogP contribution is 2.64. The van der Waals surface area contributed by atoms with Gasteiger partial charge < -0.3 is 24.8 Å². The van der Waals surface area contributed by atoms with E-state index in [1.165, 1.54) is 38.2 Å². The van der Waals surface area contributed by atoms with Crippen LogP contribution in [0.15, 0.2) is 47.4 Å². The summed E-state index contributed by atoms with van der Waals surface area (Å²) in [5, 5.41) is 13.4. The number of anilines is 1. The van der Waals surface area contributed by atoms with Crippen molar-refractivity contribution in [1.29, 1.82) is 0 Å². The standard InChI is InChI=1S/C23H30FN4O8P/c1-13(2)34-19(29)14(3)27-37(32,36-15-8-6-5-7-9-15)33-12-22(4)20(30)23(24)17(18(23)35-22)28-11-10-16(25)26-21(28)31/h5-11,13-14,17-18,20,30H,12H2,1-4H3,(H,27,32)(H2,25,26,31). The van der Waals surface area contributed by atoms with Crippen LogP contribution in [0.25, 0.3) is 0 Å². The smallest absolute Gasteiger partial charge is 0.459 e. The Morgan fingerprint density at radius 3 is 2.57 bits per heavy atom. The second kappa shape index (κ2) is 9.80. The Balaban J connectivity index is 1.50. The molecule has 14 heteroatoms. The number of esters is 1. The highest BCUT2D eigenvalue weighted by molar-refractivity contribution is 7.52. The molecule has 2 aliphatic rings. The first-order valence-corrected chi connectivity index (χ1v) is 13.2. The van der Waals surface area contributed by atoms with E-state index in [4.69, 9.17) is 24.3 Å². The van der Waals surface area contributed by atoms with E-state index in [0.717, 1.165) is 4.57 Å². The third-order valence-electron chi connectivity index (χ3n) is 6.16. The van der Waals surface area contributed by atoms with Crippen LogP contribution in [0.4, 0.5) is 10.2 Å².